The maximum Gasteiger partial charge on any atom is 0.262 e. The predicted molar refractivity (Wildman–Crippen MR) is 99.4 cm³/mol. The van der Waals surface area contributed by atoms with Gasteiger partial charge in [-0.15, -0.1) is 0 Å². The first-order valence-corrected chi connectivity index (χ1v) is 8.64. The molecule has 0 aliphatic heterocycles. The molecule has 0 radical (unpaired) electrons. The number of ketones is 2. The summed E-state index contributed by atoms with van der Waals surface area (Å²) in [6, 6.07) is 10.0. The van der Waals surface area contributed by atoms with Gasteiger partial charge in [0, 0.05) is 17.0 Å². The van der Waals surface area contributed by atoms with Gasteiger partial charge in [-0.05, 0) is 42.7 Å². The van der Waals surface area contributed by atoms with Crippen molar-refractivity contribution in [3.05, 3.63) is 58.1 Å². The summed E-state index contributed by atoms with van der Waals surface area (Å²) in [4.78, 5) is 36.1. The molecular weight excluding hydrogens is 354 g/mol. The molecular formula is C20H18ClNO4. The van der Waals surface area contributed by atoms with E-state index in [2.05, 4.69) is 5.32 Å². The number of amides is 1. The standard InChI is InChI=1S/C20H18ClNO4/c1-11-9-16(24)20-17(8-7-14(21)19(11)20)26-10-18(25)22-15-6-4-3-5-13(15)12(2)23/h3-8,11H,9-10H2,1-2H3,(H,22,25). The summed E-state index contributed by atoms with van der Waals surface area (Å²) in [7, 11) is 0. The molecule has 2 aromatic rings. The van der Waals surface area contributed by atoms with Crippen LogP contribution in [0.15, 0.2) is 36.4 Å². The normalized spacial score (nSPS) is 15.5. The number of anilines is 1. The van der Waals surface area contributed by atoms with Gasteiger partial charge >= 0.3 is 0 Å². The molecule has 1 N–H and O–H groups in total. The van der Waals surface area contributed by atoms with E-state index in [1.54, 1.807) is 36.4 Å². The molecule has 0 aromatic heterocycles. The largest absolute Gasteiger partial charge is 0.483 e. The SMILES string of the molecule is CC(=O)c1ccccc1NC(=O)COc1ccc(Cl)c2c1C(=O)CC2C. The lowest BCUT2D eigenvalue weighted by Crippen LogP contribution is -2.22. The van der Waals surface area contributed by atoms with Gasteiger partial charge in [0.1, 0.15) is 5.75 Å². The van der Waals surface area contributed by atoms with Crippen LogP contribution < -0.4 is 10.1 Å². The lowest BCUT2D eigenvalue weighted by molar-refractivity contribution is -0.118. The summed E-state index contributed by atoms with van der Waals surface area (Å²) >= 11 is 6.20. The zero-order valence-electron chi connectivity index (χ0n) is 14.5. The maximum absolute atomic E-state index is 12.2. The molecule has 3 rings (SSSR count). The second-order valence-corrected chi connectivity index (χ2v) is 6.71. The van der Waals surface area contributed by atoms with E-state index in [0.29, 0.717) is 34.0 Å². The summed E-state index contributed by atoms with van der Waals surface area (Å²) in [5, 5.41) is 3.20. The third kappa shape index (κ3) is 3.48. The van der Waals surface area contributed by atoms with Gasteiger partial charge in [0.15, 0.2) is 18.2 Å². The Hall–Kier alpha value is -2.66. The molecule has 134 valence electrons. The minimum atomic E-state index is -0.416. The van der Waals surface area contributed by atoms with Crippen molar-refractivity contribution in [3.8, 4) is 5.75 Å². The van der Waals surface area contributed by atoms with E-state index in [1.807, 2.05) is 6.92 Å². The van der Waals surface area contributed by atoms with Crippen LogP contribution in [0.3, 0.4) is 0 Å². The third-order valence-electron chi connectivity index (χ3n) is 4.36. The molecule has 0 saturated carbocycles. The first-order chi connectivity index (χ1) is 12.4. The van der Waals surface area contributed by atoms with Crippen LogP contribution in [0.5, 0.6) is 5.75 Å². The maximum atomic E-state index is 12.2. The van der Waals surface area contributed by atoms with Crippen LogP contribution in [0.2, 0.25) is 5.02 Å². The van der Waals surface area contributed by atoms with Crippen molar-refractivity contribution < 1.29 is 19.1 Å². The second-order valence-electron chi connectivity index (χ2n) is 6.30. The number of hydrogen-bond acceptors (Lipinski definition) is 4. The highest BCUT2D eigenvalue weighted by Crippen LogP contribution is 2.42. The highest BCUT2D eigenvalue weighted by molar-refractivity contribution is 6.32. The molecule has 0 fully saturated rings. The lowest BCUT2D eigenvalue weighted by Gasteiger charge is -2.13. The summed E-state index contributed by atoms with van der Waals surface area (Å²) < 4.78 is 5.58. The third-order valence-corrected chi connectivity index (χ3v) is 4.69. The van der Waals surface area contributed by atoms with Crippen LogP contribution >= 0.6 is 11.6 Å². The van der Waals surface area contributed by atoms with Crippen molar-refractivity contribution in [2.24, 2.45) is 0 Å². The molecule has 26 heavy (non-hydrogen) atoms. The lowest BCUT2D eigenvalue weighted by atomic mass is 10.0. The van der Waals surface area contributed by atoms with Gasteiger partial charge in [-0.25, -0.2) is 0 Å². The molecule has 0 spiro atoms. The Kier molecular flexibility index (Phi) is 5.09. The van der Waals surface area contributed by atoms with Gasteiger partial charge < -0.3 is 10.1 Å². The Morgan fingerprint density at radius 1 is 1.23 bits per heavy atom. The number of carbonyl (C=O) groups is 3. The first kappa shape index (κ1) is 18.1. The van der Waals surface area contributed by atoms with Crippen molar-refractivity contribution >= 4 is 34.8 Å². The summed E-state index contributed by atoms with van der Waals surface area (Å²) in [5.41, 5.74) is 2.09. The van der Waals surface area contributed by atoms with Crippen LogP contribution in [0.1, 0.15) is 52.5 Å². The fourth-order valence-corrected chi connectivity index (χ4v) is 3.52. The van der Waals surface area contributed by atoms with Gasteiger partial charge in [0.2, 0.25) is 0 Å². The molecule has 0 bridgehead atoms. The Morgan fingerprint density at radius 3 is 2.69 bits per heavy atom. The summed E-state index contributed by atoms with van der Waals surface area (Å²) in [6.07, 6.45) is 0.383. The number of carbonyl (C=O) groups excluding carboxylic acids is 3. The Balaban J connectivity index is 1.74. The summed E-state index contributed by atoms with van der Waals surface area (Å²) in [5.74, 6) is -0.205. The number of halogens is 1. The number of para-hydroxylation sites is 1. The van der Waals surface area contributed by atoms with Crippen molar-refractivity contribution in [2.45, 2.75) is 26.2 Å². The van der Waals surface area contributed by atoms with E-state index in [1.165, 1.54) is 6.92 Å². The average Bonchev–Trinajstić information content (AvgIpc) is 2.90. The number of ether oxygens (including phenoxy) is 1. The van der Waals surface area contributed by atoms with E-state index in [-0.39, 0.29) is 24.1 Å². The van der Waals surface area contributed by atoms with Gasteiger partial charge in [0.05, 0.1) is 11.3 Å². The average molecular weight is 372 g/mol. The topological polar surface area (TPSA) is 72.5 Å². The molecule has 1 aliphatic carbocycles. The quantitative estimate of drug-likeness (QED) is 0.797. The molecule has 5 nitrogen and oxygen atoms in total. The molecule has 1 atom stereocenters. The van der Waals surface area contributed by atoms with E-state index in [9.17, 15) is 14.4 Å². The minimum Gasteiger partial charge on any atom is -0.483 e. The zero-order chi connectivity index (χ0) is 18.8. The Labute approximate surface area is 156 Å². The van der Waals surface area contributed by atoms with Gasteiger partial charge in [-0.1, -0.05) is 30.7 Å². The van der Waals surface area contributed by atoms with Crippen molar-refractivity contribution in [1.82, 2.24) is 0 Å². The molecule has 2 aromatic carbocycles. The number of benzene rings is 2. The van der Waals surface area contributed by atoms with E-state index < -0.39 is 5.91 Å². The van der Waals surface area contributed by atoms with E-state index in [0.717, 1.165) is 5.56 Å². The predicted octanol–water partition coefficient (Wildman–Crippen LogP) is 4.25. The van der Waals surface area contributed by atoms with Gasteiger partial charge in [-0.3, -0.25) is 14.4 Å². The first-order valence-electron chi connectivity index (χ1n) is 8.26. The van der Waals surface area contributed by atoms with Crippen molar-refractivity contribution in [3.63, 3.8) is 0 Å². The fourth-order valence-electron chi connectivity index (χ4n) is 3.17. The highest BCUT2D eigenvalue weighted by Gasteiger charge is 2.32. The zero-order valence-corrected chi connectivity index (χ0v) is 15.2. The van der Waals surface area contributed by atoms with Crippen LogP contribution in [-0.4, -0.2) is 24.1 Å². The fraction of sp³-hybridized carbons (Fsp3) is 0.250. The van der Waals surface area contributed by atoms with Crippen LogP contribution in [-0.2, 0) is 4.79 Å². The number of fused-ring (bicyclic) bond motifs is 1. The summed E-state index contributed by atoms with van der Waals surface area (Å²) in [6.45, 7) is 3.10. The monoisotopic (exact) mass is 371 g/mol. The van der Waals surface area contributed by atoms with E-state index >= 15 is 0 Å². The minimum absolute atomic E-state index is 0.0322. The molecule has 1 amide bonds. The molecule has 6 heteroatoms. The van der Waals surface area contributed by atoms with Crippen LogP contribution in [0, 0.1) is 0 Å². The van der Waals surface area contributed by atoms with Crippen molar-refractivity contribution in [2.75, 3.05) is 11.9 Å². The molecule has 1 unspecified atom stereocenters. The molecule has 0 heterocycles. The van der Waals surface area contributed by atoms with Crippen LogP contribution in [0.4, 0.5) is 5.69 Å². The smallest absolute Gasteiger partial charge is 0.262 e. The Bertz CT molecular complexity index is 907. The van der Waals surface area contributed by atoms with Gasteiger partial charge in [0.25, 0.3) is 5.91 Å². The van der Waals surface area contributed by atoms with E-state index in [4.69, 9.17) is 16.3 Å². The van der Waals surface area contributed by atoms with Crippen LogP contribution in [0.25, 0.3) is 0 Å². The number of Topliss-reactive ketones (excluding diaryl/α,β-unsaturated/α-hetero) is 2. The number of rotatable bonds is 5. The van der Waals surface area contributed by atoms with Crippen molar-refractivity contribution in [1.29, 1.82) is 0 Å². The Morgan fingerprint density at radius 2 is 1.96 bits per heavy atom. The number of nitrogens with one attached hydrogen (secondary N) is 1. The highest BCUT2D eigenvalue weighted by atomic mass is 35.5. The number of hydrogen-bond donors (Lipinski definition) is 1. The molecule has 1 aliphatic rings. The molecule has 0 saturated heterocycles. The van der Waals surface area contributed by atoms with Gasteiger partial charge in [-0.2, -0.15) is 0 Å². The second kappa shape index (κ2) is 7.30.